The first-order chi connectivity index (χ1) is 8.86. The van der Waals surface area contributed by atoms with E-state index in [1.54, 1.807) is 12.1 Å². The molecule has 0 fully saturated rings. The molecule has 1 N–H and O–H groups in total. The molecule has 2 aromatic rings. The molecule has 0 spiro atoms. The van der Waals surface area contributed by atoms with E-state index in [9.17, 15) is 4.39 Å². The van der Waals surface area contributed by atoms with Crippen molar-refractivity contribution < 1.29 is 9.13 Å². The van der Waals surface area contributed by atoms with Crippen LogP contribution in [0.1, 0.15) is 5.56 Å². The summed E-state index contributed by atoms with van der Waals surface area (Å²) in [5.74, 6) is 0.583. The number of fused-ring (bicyclic) bond motifs is 1. The van der Waals surface area contributed by atoms with Crippen LogP contribution in [0.2, 0.25) is 0 Å². The van der Waals surface area contributed by atoms with Gasteiger partial charge in [-0.1, -0.05) is 36.4 Å². The average Bonchev–Trinajstić information content (AvgIpc) is 2.64. The largest absolute Gasteiger partial charge is 0.491 e. The van der Waals surface area contributed by atoms with Gasteiger partial charge in [0.25, 0.3) is 0 Å². The van der Waals surface area contributed by atoms with Crippen molar-refractivity contribution >= 4 is 12.4 Å². The van der Waals surface area contributed by atoms with Crippen molar-refractivity contribution in [3.63, 3.8) is 0 Å². The Bertz CT molecular complexity index is 574. The molecule has 0 saturated heterocycles. The third-order valence-electron chi connectivity index (χ3n) is 3.10. The zero-order chi connectivity index (χ0) is 12.4. The second-order valence-corrected chi connectivity index (χ2v) is 4.30. The molecule has 0 saturated carbocycles. The molecule has 2 nitrogen and oxygen atoms in total. The van der Waals surface area contributed by atoms with E-state index in [1.165, 1.54) is 6.07 Å². The second kappa shape index (κ2) is 6.04. The Balaban J connectivity index is 0.00000133. The molecule has 0 aromatic heterocycles. The minimum Gasteiger partial charge on any atom is -0.491 e. The van der Waals surface area contributed by atoms with Crippen LogP contribution in [0.3, 0.4) is 0 Å². The zero-order valence-electron chi connectivity index (χ0n) is 10.4. The van der Waals surface area contributed by atoms with E-state index >= 15 is 0 Å². The van der Waals surface area contributed by atoms with Crippen molar-refractivity contribution in [1.29, 1.82) is 0 Å². The van der Waals surface area contributed by atoms with E-state index in [2.05, 4.69) is 5.32 Å². The molecule has 19 heavy (non-hydrogen) atoms. The van der Waals surface area contributed by atoms with Gasteiger partial charge in [0.2, 0.25) is 0 Å². The van der Waals surface area contributed by atoms with Gasteiger partial charge in [-0.3, -0.25) is 0 Å². The van der Waals surface area contributed by atoms with Crippen LogP contribution in [0.4, 0.5) is 4.39 Å². The third-order valence-corrected chi connectivity index (χ3v) is 3.10. The Morgan fingerprint density at radius 3 is 2.63 bits per heavy atom. The highest BCUT2D eigenvalue weighted by Gasteiger charge is 2.15. The van der Waals surface area contributed by atoms with Gasteiger partial charge in [0.1, 0.15) is 18.2 Å². The Morgan fingerprint density at radius 1 is 1.00 bits per heavy atom. The number of hydrogen-bond donors (Lipinski definition) is 1. The number of nitrogens with one attached hydrogen (secondary N) is 1. The Hall–Kier alpha value is -1.58. The molecule has 0 atom stereocenters. The monoisotopic (exact) mass is 279 g/mol. The van der Waals surface area contributed by atoms with Crippen molar-refractivity contribution in [2.24, 2.45) is 0 Å². The fraction of sp³-hybridized carbons (Fsp3) is 0.200. The molecule has 0 aliphatic carbocycles. The minimum absolute atomic E-state index is 0. The lowest BCUT2D eigenvalue weighted by Crippen LogP contribution is -2.16. The molecule has 1 aliphatic heterocycles. The molecule has 1 aliphatic rings. The second-order valence-electron chi connectivity index (χ2n) is 4.30. The lowest BCUT2D eigenvalue weighted by molar-refractivity contribution is 0.327. The molecule has 2 aromatic carbocycles. The normalized spacial score (nSPS) is 13.7. The van der Waals surface area contributed by atoms with Crippen LogP contribution in [0.15, 0.2) is 42.5 Å². The van der Waals surface area contributed by atoms with E-state index < -0.39 is 0 Å². The van der Waals surface area contributed by atoms with Crippen molar-refractivity contribution in [2.75, 3.05) is 13.2 Å². The van der Waals surface area contributed by atoms with Crippen molar-refractivity contribution in [3.8, 4) is 16.9 Å². The first-order valence-corrected chi connectivity index (χ1v) is 6.06. The molecule has 0 radical (unpaired) electrons. The minimum atomic E-state index is -0.216. The van der Waals surface area contributed by atoms with Crippen molar-refractivity contribution in [1.82, 2.24) is 5.32 Å². The number of benzene rings is 2. The van der Waals surface area contributed by atoms with E-state index in [-0.39, 0.29) is 18.2 Å². The summed E-state index contributed by atoms with van der Waals surface area (Å²) in [5.41, 5.74) is 2.50. The van der Waals surface area contributed by atoms with Gasteiger partial charge in [0.15, 0.2) is 0 Å². The topological polar surface area (TPSA) is 21.3 Å². The summed E-state index contributed by atoms with van der Waals surface area (Å²) in [4.78, 5) is 0. The van der Waals surface area contributed by atoms with Crippen LogP contribution in [0.5, 0.6) is 5.75 Å². The molecular weight excluding hydrogens is 265 g/mol. The van der Waals surface area contributed by atoms with Crippen LogP contribution < -0.4 is 10.1 Å². The summed E-state index contributed by atoms with van der Waals surface area (Å²) in [7, 11) is 0. The first-order valence-electron chi connectivity index (χ1n) is 6.06. The summed E-state index contributed by atoms with van der Waals surface area (Å²) in [6, 6.07) is 12.7. The van der Waals surface area contributed by atoms with Crippen LogP contribution in [-0.4, -0.2) is 13.2 Å². The van der Waals surface area contributed by atoms with Crippen LogP contribution >= 0.6 is 12.4 Å². The number of rotatable bonds is 1. The molecule has 1 heterocycles. The van der Waals surface area contributed by atoms with Crippen molar-refractivity contribution in [2.45, 2.75) is 6.54 Å². The summed E-state index contributed by atoms with van der Waals surface area (Å²) in [6.45, 7) is 2.18. The van der Waals surface area contributed by atoms with Gasteiger partial charge in [-0.05, 0) is 6.07 Å². The summed E-state index contributed by atoms with van der Waals surface area (Å²) in [6.07, 6.45) is 0. The molecule has 0 unspecified atom stereocenters. The number of halogens is 2. The highest BCUT2D eigenvalue weighted by Crippen LogP contribution is 2.35. The van der Waals surface area contributed by atoms with E-state index in [1.807, 2.05) is 24.3 Å². The van der Waals surface area contributed by atoms with Gasteiger partial charge >= 0.3 is 0 Å². The van der Waals surface area contributed by atoms with Gasteiger partial charge in [-0.15, -0.1) is 12.4 Å². The van der Waals surface area contributed by atoms with Crippen molar-refractivity contribution in [3.05, 3.63) is 53.8 Å². The maximum atomic E-state index is 13.9. The van der Waals surface area contributed by atoms with E-state index in [4.69, 9.17) is 4.74 Å². The first kappa shape index (κ1) is 13.8. The van der Waals surface area contributed by atoms with Crippen LogP contribution in [0.25, 0.3) is 11.1 Å². The maximum Gasteiger partial charge on any atom is 0.131 e. The van der Waals surface area contributed by atoms with Gasteiger partial charge in [-0.2, -0.15) is 0 Å². The van der Waals surface area contributed by atoms with Gasteiger partial charge < -0.3 is 10.1 Å². The van der Waals surface area contributed by atoms with Gasteiger partial charge in [-0.25, -0.2) is 4.39 Å². The Kier molecular flexibility index (Phi) is 4.40. The maximum absolute atomic E-state index is 13.9. The summed E-state index contributed by atoms with van der Waals surface area (Å²) in [5, 5.41) is 3.28. The number of hydrogen-bond acceptors (Lipinski definition) is 2. The standard InChI is InChI=1S/C15H14FNO.ClH/c16-14-7-2-1-5-12(14)13-6-3-4-11-10-17-8-9-18-15(11)13;/h1-7,17H,8-10H2;1H. The Morgan fingerprint density at radius 2 is 1.79 bits per heavy atom. The molecule has 100 valence electrons. The molecule has 0 amide bonds. The fourth-order valence-corrected chi connectivity index (χ4v) is 2.23. The molecule has 3 rings (SSSR count). The average molecular weight is 280 g/mol. The molecule has 0 bridgehead atoms. The number of ether oxygens (including phenoxy) is 1. The lowest BCUT2D eigenvalue weighted by Gasteiger charge is -2.13. The highest BCUT2D eigenvalue weighted by atomic mass is 35.5. The SMILES string of the molecule is Cl.Fc1ccccc1-c1cccc2c1OCCNC2. The van der Waals surface area contributed by atoms with E-state index in [0.717, 1.165) is 30.0 Å². The van der Waals surface area contributed by atoms with Crippen LogP contribution in [-0.2, 0) is 6.54 Å². The highest BCUT2D eigenvalue weighted by molar-refractivity contribution is 5.85. The molecule has 4 heteroatoms. The summed E-state index contributed by atoms with van der Waals surface area (Å²) < 4.78 is 19.6. The predicted molar refractivity (Wildman–Crippen MR) is 76.3 cm³/mol. The number of para-hydroxylation sites is 1. The lowest BCUT2D eigenvalue weighted by atomic mass is 10.0. The fourth-order valence-electron chi connectivity index (χ4n) is 2.23. The van der Waals surface area contributed by atoms with E-state index in [0.29, 0.717) is 12.2 Å². The summed E-state index contributed by atoms with van der Waals surface area (Å²) >= 11 is 0. The quantitative estimate of drug-likeness (QED) is 0.864. The van der Waals surface area contributed by atoms with Crippen LogP contribution in [0, 0.1) is 5.82 Å². The molecular formula is C15H15ClFNO. The van der Waals surface area contributed by atoms with Gasteiger partial charge in [0, 0.05) is 29.8 Å². The zero-order valence-corrected chi connectivity index (χ0v) is 11.2. The predicted octanol–water partition coefficient (Wildman–Crippen LogP) is 3.40. The van der Waals surface area contributed by atoms with Gasteiger partial charge in [0.05, 0.1) is 0 Å². The smallest absolute Gasteiger partial charge is 0.131 e. The third kappa shape index (κ3) is 2.72. The Labute approximate surface area is 118 Å².